The highest BCUT2D eigenvalue weighted by atomic mass is 16.7. The molecule has 0 aromatic heterocycles. The van der Waals surface area contributed by atoms with Crippen molar-refractivity contribution in [3.63, 3.8) is 0 Å². The van der Waals surface area contributed by atoms with Gasteiger partial charge in [0.15, 0.2) is 38.4 Å². The first-order valence-corrected chi connectivity index (χ1v) is 26.2. The molecule has 460 valence electrons. The first-order valence-electron chi connectivity index (χ1n) is 26.2. The molecule has 31 nitrogen and oxygen atoms in total. The summed E-state index contributed by atoms with van der Waals surface area (Å²) < 4.78 is 61.1. The van der Waals surface area contributed by atoms with Crippen LogP contribution in [0.25, 0.3) is 0 Å². The predicted octanol–water partition coefficient (Wildman–Crippen LogP) is -6.07. The molecular weight excluding hydrogens is 1090 g/mol. The van der Waals surface area contributed by atoms with Gasteiger partial charge >= 0.3 is 23.9 Å². The SMILES string of the molecule is CC.CC.C[NH2+]C1[C@H](O)OC(COCOC(=O)c2cc(N)ccc2O)[C@@H](O)[C@H]1CO[C@@H]1OC(C(=O)O)[C@@H](COC[C@@H]2OC(COCOC(=O)c3cc(N)ccc3O)[C@@H](O)[C@@H](CO[C@@H]3OC(C(=O)O)[C@@H](O)[C@@H](O)C3O)C2[NH2+]C)[C@@H](O)C1O. The Kier molecular flexibility index (Phi) is 27.4. The smallest absolute Gasteiger partial charge is 0.344 e. The summed E-state index contributed by atoms with van der Waals surface area (Å²) in [6.45, 7) is 3.64. The average Bonchev–Trinajstić information content (AvgIpc) is 3.51. The third kappa shape index (κ3) is 17.4. The molecule has 0 radical (unpaired) electrons. The molecule has 2 aromatic rings. The molecule has 0 aliphatic carbocycles. The Morgan fingerprint density at radius 1 is 0.494 bits per heavy atom. The van der Waals surface area contributed by atoms with Gasteiger partial charge in [0.25, 0.3) is 0 Å². The molecule has 31 heteroatoms. The number of phenolic OH excluding ortho intramolecular Hbond substituents is 2. The minimum atomic E-state index is -2.02. The number of aromatic hydroxyl groups is 2. The zero-order valence-corrected chi connectivity index (χ0v) is 45.5. The second-order valence-electron chi connectivity index (χ2n) is 18.6. The summed E-state index contributed by atoms with van der Waals surface area (Å²) in [5.74, 6) is -9.60. The number of hydrogen-bond donors (Lipinski definition) is 16. The zero-order valence-electron chi connectivity index (χ0n) is 45.5. The summed E-state index contributed by atoms with van der Waals surface area (Å²) in [7, 11) is 3.14. The lowest BCUT2D eigenvalue weighted by Crippen LogP contribution is -2.93. The minimum absolute atomic E-state index is 0.153. The van der Waals surface area contributed by atoms with E-state index in [4.69, 9.17) is 63.6 Å². The number of carbonyl (C=O) groups excluding carboxylic acids is 2. The number of esters is 2. The number of carboxylic acids is 2. The summed E-state index contributed by atoms with van der Waals surface area (Å²) in [5.41, 5.74) is 11.2. The maximum absolute atomic E-state index is 12.7. The second kappa shape index (κ2) is 32.6. The number of rotatable bonds is 24. The summed E-state index contributed by atoms with van der Waals surface area (Å²) in [6.07, 6.45) is -25.4. The standard InChI is InChI=1S/C46H66N4O27.2C2H6/c1-49-29-21(10-70-46-37(59)34(56)35(57)39(77-46)41(62)63)31(53)27(13-68-15-72-42(64)19-7-17(47)3-5-24(19)51)74-26(29)12-67-9-23-33(55)36(58)45(76-38(23)40(60)61)71-11-22-30(50-2)44(66)75-28(32(22)54)14-69-16-73-43(65)20-8-18(48)4-6-25(20)52;2*1-2/h3-8,21-23,26-39,44-46,49-59,66H,9-16,47-48H2,1-2H3,(H,60,61)(H,62,63);2*1-2H3/p+2/t21-,22-,23-,26-,27?,28?,29?,30?,31-,32-,33+,34+,35-,36?,37?,38?,39?,44+,45+,46+;;/m0../s1. The maximum atomic E-state index is 12.7. The van der Waals surface area contributed by atoms with Crippen LogP contribution in [-0.2, 0) is 61.7 Å². The van der Waals surface area contributed by atoms with Gasteiger partial charge in [0, 0.05) is 17.3 Å². The third-order valence-electron chi connectivity index (χ3n) is 13.7. The van der Waals surface area contributed by atoms with Gasteiger partial charge in [-0.15, -0.1) is 0 Å². The van der Waals surface area contributed by atoms with Crippen LogP contribution >= 0.6 is 0 Å². The highest BCUT2D eigenvalue weighted by Gasteiger charge is 2.53. The topological polar surface area (TPSA) is 498 Å². The number of anilines is 2. The highest BCUT2D eigenvalue weighted by molar-refractivity contribution is 5.94. The maximum Gasteiger partial charge on any atom is 0.344 e. The quantitative estimate of drug-likeness (QED) is 0.0153. The molecule has 0 bridgehead atoms. The molecule has 4 saturated heterocycles. The number of likely N-dealkylation sites (N-methyl/N-ethyl adjacent to an activating group) is 2. The minimum Gasteiger partial charge on any atom is -0.507 e. The van der Waals surface area contributed by atoms with Crippen LogP contribution in [0.2, 0.25) is 0 Å². The van der Waals surface area contributed by atoms with E-state index in [-0.39, 0.29) is 22.5 Å². The number of aliphatic hydroxyl groups is 8. The van der Waals surface area contributed by atoms with Crippen molar-refractivity contribution >= 4 is 35.3 Å². The monoisotopic (exact) mass is 1170 g/mol. The number of carbonyl (C=O) groups is 4. The van der Waals surface area contributed by atoms with Gasteiger partial charge in [-0.2, -0.15) is 0 Å². The number of ether oxygens (including phenoxy) is 11. The van der Waals surface area contributed by atoms with Gasteiger partial charge in [0.1, 0.15) is 77.4 Å². The molecule has 4 aliphatic rings. The zero-order chi connectivity index (χ0) is 60.4. The molecule has 8 unspecified atom stereocenters. The van der Waals surface area contributed by atoms with Gasteiger partial charge in [-0.05, 0) is 36.4 Å². The van der Waals surface area contributed by atoms with Crippen molar-refractivity contribution in [3.8, 4) is 11.5 Å². The van der Waals surface area contributed by atoms with Crippen LogP contribution in [0.1, 0.15) is 48.4 Å². The largest absolute Gasteiger partial charge is 0.507 e. The Labute approximate surface area is 465 Å². The molecule has 4 fully saturated rings. The van der Waals surface area contributed by atoms with Crippen molar-refractivity contribution in [3.05, 3.63) is 47.5 Å². The molecule has 4 heterocycles. The van der Waals surface area contributed by atoms with Crippen molar-refractivity contribution in [2.75, 3.05) is 78.8 Å². The number of nitrogens with two attached hydrogens (primary N) is 4. The highest BCUT2D eigenvalue weighted by Crippen LogP contribution is 2.33. The molecule has 81 heavy (non-hydrogen) atoms. The van der Waals surface area contributed by atoms with E-state index in [0.29, 0.717) is 0 Å². The van der Waals surface area contributed by atoms with E-state index in [0.717, 1.165) is 0 Å². The van der Waals surface area contributed by atoms with Crippen molar-refractivity contribution in [2.45, 2.75) is 132 Å². The van der Waals surface area contributed by atoms with Gasteiger partial charge in [-0.1, -0.05) is 27.7 Å². The number of aliphatic hydroxyl groups excluding tert-OH is 8. The average molecular weight is 1170 g/mol. The first kappa shape index (κ1) is 68.3. The molecule has 4 aliphatic heterocycles. The number of quaternary nitrogens is 2. The van der Waals surface area contributed by atoms with Crippen molar-refractivity contribution in [1.82, 2.24) is 0 Å². The summed E-state index contributed by atoms with van der Waals surface area (Å²) >= 11 is 0. The van der Waals surface area contributed by atoms with E-state index in [1.54, 1.807) is 19.4 Å². The molecule has 0 spiro atoms. The first-order chi connectivity index (χ1) is 38.6. The number of aliphatic carboxylic acids is 2. The Hall–Kier alpha value is -5.24. The molecule has 6 rings (SSSR count). The van der Waals surface area contributed by atoms with Crippen LogP contribution in [-0.4, -0.2) is 257 Å². The fourth-order valence-electron chi connectivity index (χ4n) is 9.47. The van der Waals surface area contributed by atoms with Crippen LogP contribution in [0.4, 0.5) is 11.4 Å². The fraction of sp³-hybridized carbons (Fsp3) is 0.680. The molecular formula is C50H80N4O27+2. The summed E-state index contributed by atoms with van der Waals surface area (Å²) in [4.78, 5) is 49.5. The number of carboxylic acid groups (broad SMARTS) is 2. The lowest BCUT2D eigenvalue weighted by molar-refractivity contribution is -0.694. The molecule has 20 N–H and O–H groups in total. The van der Waals surface area contributed by atoms with E-state index in [1.807, 2.05) is 27.7 Å². The molecule has 0 amide bonds. The van der Waals surface area contributed by atoms with Crippen molar-refractivity contribution in [1.29, 1.82) is 0 Å². The number of hydrogen-bond acceptors (Lipinski definition) is 27. The molecule has 0 saturated carbocycles. The Balaban J connectivity index is 0.00000345. The van der Waals surface area contributed by atoms with Gasteiger partial charge in [0.2, 0.25) is 6.29 Å². The molecule has 2 aromatic carbocycles. The third-order valence-corrected chi connectivity index (χ3v) is 13.7. The summed E-state index contributed by atoms with van der Waals surface area (Å²) in [6, 6.07) is 5.72. The predicted molar refractivity (Wildman–Crippen MR) is 271 cm³/mol. The van der Waals surface area contributed by atoms with E-state index < -0.39 is 211 Å². The van der Waals surface area contributed by atoms with Crippen LogP contribution in [0.15, 0.2) is 36.4 Å². The molecule has 20 atom stereocenters. The Bertz CT molecular complexity index is 2290. The van der Waals surface area contributed by atoms with Crippen molar-refractivity contribution in [2.24, 2.45) is 17.8 Å². The van der Waals surface area contributed by atoms with Gasteiger partial charge < -0.3 is 135 Å². The lowest BCUT2D eigenvalue weighted by Gasteiger charge is -2.45. The van der Waals surface area contributed by atoms with Crippen LogP contribution in [0, 0.1) is 17.8 Å². The second-order valence-corrected chi connectivity index (χ2v) is 18.6. The Morgan fingerprint density at radius 3 is 1.40 bits per heavy atom. The van der Waals surface area contributed by atoms with E-state index in [1.165, 1.54) is 41.7 Å². The van der Waals surface area contributed by atoms with Crippen LogP contribution in [0.3, 0.4) is 0 Å². The fourth-order valence-corrected chi connectivity index (χ4v) is 9.47. The van der Waals surface area contributed by atoms with Crippen molar-refractivity contribution < 1.29 is 143 Å². The normalized spacial score (nSPS) is 33.9. The van der Waals surface area contributed by atoms with E-state index >= 15 is 0 Å². The number of benzene rings is 2. The van der Waals surface area contributed by atoms with E-state index in [2.05, 4.69) is 0 Å². The van der Waals surface area contributed by atoms with Crippen LogP contribution in [0.5, 0.6) is 11.5 Å². The number of nitrogen functional groups attached to an aromatic ring is 2. The van der Waals surface area contributed by atoms with Gasteiger partial charge in [-0.25, -0.2) is 19.2 Å². The van der Waals surface area contributed by atoms with Crippen LogP contribution < -0.4 is 22.1 Å². The van der Waals surface area contributed by atoms with Gasteiger partial charge in [-0.3, -0.25) is 0 Å². The summed E-state index contributed by atoms with van der Waals surface area (Å²) in [5, 5.41) is 131. The van der Waals surface area contributed by atoms with Gasteiger partial charge in [0.05, 0.1) is 83.9 Å². The number of phenols is 2. The van der Waals surface area contributed by atoms with E-state index in [9.17, 15) is 80.5 Å². The lowest BCUT2D eigenvalue weighted by atomic mass is 9.84. The Morgan fingerprint density at radius 2 is 0.926 bits per heavy atom.